The van der Waals surface area contributed by atoms with Crippen LogP contribution < -0.4 is 31.2 Å². The van der Waals surface area contributed by atoms with Crippen molar-refractivity contribution < 1.29 is 9.47 Å². The topological polar surface area (TPSA) is 229 Å². The fraction of sp³-hybridized carbons (Fsp3) is 0.278. The molecule has 0 fully saturated rings. The number of nitrogens with zero attached hydrogens (tertiary/aromatic N) is 14. The molecule has 0 saturated heterocycles. The summed E-state index contributed by atoms with van der Waals surface area (Å²) in [5.74, 6) is 2.52. The lowest BCUT2D eigenvalue weighted by atomic mass is 10.3. The van der Waals surface area contributed by atoms with Crippen molar-refractivity contribution in [3.8, 4) is 22.9 Å². The van der Waals surface area contributed by atoms with Crippen molar-refractivity contribution in [3.63, 3.8) is 0 Å². The van der Waals surface area contributed by atoms with E-state index in [0.29, 0.717) is 54.0 Å². The zero-order valence-electron chi connectivity index (χ0n) is 30.7. The van der Waals surface area contributed by atoms with E-state index in [0.717, 1.165) is 78.6 Å². The van der Waals surface area contributed by atoms with Gasteiger partial charge in [0.15, 0.2) is 22.3 Å². The van der Waals surface area contributed by atoms with E-state index in [9.17, 15) is 0 Å². The van der Waals surface area contributed by atoms with E-state index >= 15 is 0 Å². The van der Waals surface area contributed by atoms with Crippen molar-refractivity contribution in [1.82, 2.24) is 74.8 Å². The fourth-order valence-electron chi connectivity index (χ4n) is 5.79. The Morgan fingerprint density at radius 1 is 0.842 bits per heavy atom. The van der Waals surface area contributed by atoms with E-state index in [4.69, 9.17) is 15.2 Å². The van der Waals surface area contributed by atoms with Crippen LogP contribution in [-0.4, -0.2) is 108 Å². The fourth-order valence-corrected chi connectivity index (χ4v) is 5.95. The van der Waals surface area contributed by atoms with Crippen LogP contribution in [0.3, 0.4) is 0 Å². The molecule has 8 aromatic rings. The number of anilines is 4. The maximum Gasteiger partial charge on any atom is 0.229 e. The summed E-state index contributed by atoms with van der Waals surface area (Å²) in [5, 5.41) is 35.9. The molecule has 10 rings (SSSR count). The van der Waals surface area contributed by atoms with Crippen LogP contribution in [0.5, 0.6) is 11.5 Å². The third-order valence-corrected chi connectivity index (χ3v) is 8.88. The average molecular weight is 836 g/mol. The third kappa shape index (κ3) is 9.28. The Balaban J connectivity index is 0.000000160. The highest BCUT2D eigenvalue weighted by Crippen LogP contribution is 2.22. The van der Waals surface area contributed by atoms with Gasteiger partial charge in [0.2, 0.25) is 11.9 Å². The first-order valence-corrected chi connectivity index (χ1v) is 19.4. The summed E-state index contributed by atoms with van der Waals surface area (Å²) in [5.41, 5.74) is 11.3. The Morgan fingerprint density at radius 3 is 2.37 bits per heavy atom. The molecule has 57 heavy (non-hydrogen) atoms. The Kier molecular flexibility index (Phi) is 11.7. The average Bonchev–Trinajstić information content (AvgIpc) is 4.07. The molecule has 2 aliphatic heterocycles. The molecule has 0 spiro atoms. The summed E-state index contributed by atoms with van der Waals surface area (Å²) in [6.07, 6.45) is 12.5. The molecule has 0 unspecified atom stereocenters. The SMILES string of the molecule is NCCCn1cc(Nc2ncc3nnn(-c4ccc(OCCBr)cc4)c3n2)cn1.c1nn2cc1Nc1ncc3nnn(c3n1)-c1ccc(cc1)OCCNCCC2. The first-order valence-electron chi connectivity index (χ1n) is 18.3. The van der Waals surface area contributed by atoms with E-state index in [1.54, 1.807) is 34.2 Å². The minimum Gasteiger partial charge on any atom is -0.493 e. The largest absolute Gasteiger partial charge is 0.493 e. The van der Waals surface area contributed by atoms with Gasteiger partial charge >= 0.3 is 0 Å². The molecule has 0 saturated carbocycles. The Morgan fingerprint density at radius 2 is 1.60 bits per heavy atom. The van der Waals surface area contributed by atoms with Crippen LogP contribution >= 0.6 is 15.9 Å². The molecule has 2 aromatic carbocycles. The van der Waals surface area contributed by atoms with Crippen LogP contribution in [0.25, 0.3) is 33.7 Å². The van der Waals surface area contributed by atoms with Crippen LogP contribution in [0.2, 0.25) is 0 Å². The summed E-state index contributed by atoms with van der Waals surface area (Å²) in [6.45, 7) is 5.13. The van der Waals surface area contributed by atoms with Gasteiger partial charge in [0.25, 0.3) is 0 Å². The molecule has 0 atom stereocenters. The highest BCUT2D eigenvalue weighted by Gasteiger charge is 2.13. The first kappa shape index (κ1) is 37.3. The van der Waals surface area contributed by atoms with Gasteiger partial charge in [-0.3, -0.25) is 9.36 Å². The summed E-state index contributed by atoms with van der Waals surface area (Å²) < 4.78 is 18.5. The number of nitrogens with one attached hydrogen (secondary N) is 3. The number of ether oxygens (including phenoxy) is 2. The lowest BCUT2D eigenvalue weighted by Gasteiger charge is -2.08. The first-order chi connectivity index (χ1) is 28.1. The molecule has 6 bridgehead atoms. The number of hydrogen-bond donors (Lipinski definition) is 4. The van der Waals surface area contributed by atoms with E-state index in [1.807, 2.05) is 70.3 Å². The standard InChI is InChI=1S/C18H20BrN9O.C18H19N9O/c19-6-9-29-15-4-2-14(3-5-15)28-17-16(25-26-28)11-21-18(24-17)23-13-10-22-27(12-13)8-1-7-20;1-6-19-7-9-28-15-4-2-14(3-5-15)27-17-16(24-25-27)11-20-18(23-17)22-13-10-21-26(8-1)12-13/h2-5,10-12H,1,6-9,20H2,(H,21,23,24);2-5,10-12,19H,1,6-9H2,(H,20,22,23). The maximum atomic E-state index is 5.78. The molecule has 0 amide bonds. The lowest BCUT2D eigenvalue weighted by Crippen LogP contribution is -2.23. The molecule has 21 heteroatoms. The van der Waals surface area contributed by atoms with Gasteiger partial charge in [-0.2, -0.15) is 29.5 Å². The van der Waals surface area contributed by atoms with Gasteiger partial charge in [-0.05, 0) is 74.5 Å². The summed E-state index contributed by atoms with van der Waals surface area (Å²) in [6, 6.07) is 15.3. The predicted octanol–water partition coefficient (Wildman–Crippen LogP) is 3.80. The Bertz CT molecular complexity index is 2510. The number of nitrogens with two attached hydrogens (primary N) is 1. The number of aryl methyl sites for hydroxylation is 2. The number of alkyl halides is 1. The maximum absolute atomic E-state index is 5.78. The Labute approximate surface area is 333 Å². The van der Waals surface area contributed by atoms with Crippen molar-refractivity contribution in [1.29, 1.82) is 0 Å². The monoisotopic (exact) mass is 834 g/mol. The quantitative estimate of drug-likeness (QED) is 0.152. The number of benzene rings is 2. The van der Waals surface area contributed by atoms with Crippen LogP contribution in [0.1, 0.15) is 12.8 Å². The van der Waals surface area contributed by atoms with Crippen LogP contribution in [0.4, 0.5) is 23.3 Å². The van der Waals surface area contributed by atoms with Gasteiger partial charge in [-0.25, -0.2) is 9.97 Å². The van der Waals surface area contributed by atoms with Crippen LogP contribution in [-0.2, 0) is 13.1 Å². The second kappa shape index (κ2) is 17.9. The zero-order chi connectivity index (χ0) is 38.8. The highest BCUT2D eigenvalue weighted by molar-refractivity contribution is 9.09. The molecular formula is C36H39BrN18O2. The van der Waals surface area contributed by atoms with Gasteiger partial charge in [-0.1, -0.05) is 26.4 Å². The summed E-state index contributed by atoms with van der Waals surface area (Å²) >= 11 is 3.34. The molecule has 5 N–H and O–H groups in total. The predicted molar refractivity (Wildman–Crippen MR) is 216 cm³/mol. The van der Waals surface area contributed by atoms with Crippen molar-refractivity contribution in [2.75, 3.05) is 48.8 Å². The highest BCUT2D eigenvalue weighted by atomic mass is 79.9. The van der Waals surface area contributed by atoms with Crippen molar-refractivity contribution in [2.24, 2.45) is 5.73 Å². The molecular weight excluding hydrogens is 796 g/mol. The molecule has 8 heterocycles. The third-order valence-electron chi connectivity index (χ3n) is 8.55. The van der Waals surface area contributed by atoms with Gasteiger partial charge < -0.3 is 31.2 Å². The molecule has 292 valence electrons. The number of halogens is 1. The van der Waals surface area contributed by atoms with E-state index < -0.39 is 0 Å². The smallest absolute Gasteiger partial charge is 0.229 e. The number of aromatic nitrogens is 14. The molecule has 2 aliphatic rings. The van der Waals surface area contributed by atoms with Crippen molar-refractivity contribution >= 4 is 61.5 Å². The molecule has 6 aromatic heterocycles. The minimum atomic E-state index is 0.441. The number of fused-ring (bicyclic) bond motifs is 9. The second-order valence-electron chi connectivity index (χ2n) is 12.7. The van der Waals surface area contributed by atoms with Crippen molar-refractivity contribution in [2.45, 2.75) is 25.9 Å². The van der Waals surface area contributed by atoms with Crippen LogP contribution in [0, 0.1) is 0 Å². The lowest BCUT2D eigenvalue weighted by molar-refractivity contribution is 0.313. The van der Waals surface area contributed by atoms with Gasteiger partial charge in [0, 0.05) is 37.4 Å². The molecule has 0 radical (unpaired) electrons. The molecule has 20 nitrogen and oxygen atoms in total. The van der Waals surface area contributed by atoms with E-state index in [2.05, 4.69) is 82.6 Å². The zero-order valence-corrected chi connectivity index (χ0v) is 32.3. The van der Waals surface area contributed by atoms with E-state index in [1.165, 1.54) is 0 Å². The van der Waals surface area contributed by atoms with Gasteiger partial charge in [0.05, 0.1) is 54.1 Å². The summed E-state index contributed by atoms with van der Waals surface area (Å²) in [7, 11) is 0. The second-order valence-corrected chi connectivity index (χ2v) is 13.5. The van der Waals surface area contributed by atoms with Crippen molar-refractivity contribution in [3.05, 3.63) is 85.7 Å². The summed E-state index contributed by atoms with van der Waals surface area (Å²) in [4.78, 5) is 17.8. The number of hydrogen-bond acceptors (Lipinski definition) is 16. The number of rotatable bonds is 9. The minimum absolute atomic E-state index is 0.441. The van der Waals surface area contributed by atoms with Gasteiger partial charge in [-0.15, -0.1) is 10.2 Å². The normalized spacial score (nSPS) is 12.9. The van der Waals surface area contributed by atoms with Crippen LogP contribution in [0.15, 0.2) is 85.7 Å². The molecule has 0 aliphatic carbocycles. The van der Waals surface area contributed by atoms with E-state index in [-0.39, 0.29) is 0 Å². The Hall–Kier alpha value is -6.58. The van der Waals surface area contributed by atoms with Gasteiger partial charge in [0.1, 0.15) is 18.1 Å².